The lowest BCUT2D eigenvalue weighted by Crippen LogP contribution is -2.07. The molecule has 0 bridgehead atoms. The van der Waals surface area contributed by atoms with Crippen molar-refractivity contribution in [2.75, 3.05) is 13.2 Å². The highest BCUT2D eigenvalue weighted by molar-refractivity contribution is 5.96. The number of carbonyl (C=O) groups excluding carboxylic acids is 1. The Labute approximate surface area is 124 Å². The first-order valence-electron chi connectivity index (χ1n) is 7.08. The van der Waals surface area contributed by atoms with Crippen LogP contribution in [-0.4, -0.2) is 24.0 Å². The second-order valence-corrected chi connectivity index (χ2v) is 4.59. The average molecular weight is 285 g/mol. The van der Waals surface area contributed by atoms with Gasteiger partial charge in [0.2, 0.25) is 0 Å². The molecule has 0 fully saturated rings. The van der Waals surface area contributed by atoms with E-state index >= 15 is 0 Å². The minimum Gasteiger partial charge on any atom is -0.493 e. The quantitative estimate of drug-likeness (QED) is 0.696. The molecule has 0 saturated heterocycles. The highest BCUT2D eigenvalue weighted by Crippen LogP contribution is 2.14. The van der Waals surface area contributed by atoms with Crippen LogP contribution >= 0.6 is 0 Å². The van der Waals surface area contributed by atoms with Crippen LogP contribution in [-0.2, 0) is 0 Å². The zero-order valence-corrected chi connectivity index (χ0v) is 12.1. The summed E-state index contributed by atoms with van der Waals surface area (Å²) in [6.45, 7) is 3.00. The summed E-state index contributed by atoms with van der Waals surface area (Å²) >= 11 is 0. The van der Waals surface area contributed by atoms with Gasteiger partial charge >= 0.3 is 0 Å². The molecule has 0 radical (unpaired) electrons. The monoisotopic (exact) mass is 285 g/mol. The van der Waals surface area contributed by atoms with Crippen molar-refractivity contribution in [2.24, 2.45) is 0 Å². The minimum atomic E-state index is 0.000351. The number of hydrogen-bond donors (Lipinski definition) is 0. The summed E-state index contributed by atoms with van der Waals surface area (Å²) in [5, 5.41) is 0. The summed E-state index contributed by atoms with van der Waals surface area (Å²) in [6, 6.07) is 11.2. The van der Waals surface area contributed by atoms with Crippen molar-refractivity contribution in [1.82, 2.24) is 4.98 Å². The minimum absolute atomic E-state index is 0.000351. The molecule has 0 spiro atoms. The predicted octanol–water partition coefficient (Wildman–Crippen LogP) is 3.52. The van der Waals surface area contributed by atoms with Crippen LogP contribution in [0, 0.1) is 0 Å². The Morgan fingerprint density at radius 2 is 1.81 bits per heavy atom. The van der Waals surface area contributed by atoms with E-state index in [1.54, 1.807) is 18.5 Å². The Morgan fingerprint density at radius 1 is 1.05 bits per heavy atom. The van der Waals surface area contributed by atoms with Gasteiger partial charge in [0.25, 0.3) is 0 Å². The van der Waals surface area contributed by atoms with E-state index in [1.165, 1.54) is 0 Å². The topological polar surface area (TPSA) is 48.4 Å². The zero-order chi connectivity index (χ0) is 14.9. The van der Waals surface area contributed by atoms with Gasteiger partial charge in [0.1, 0.15) is 11.5 Å². The summed E-state index contributed by atoms with van der Waals surface area (Å²) in [5.74, 6) is 1.40. The summed E-state index contributed by atoms with van der Waals surface area (Å²) in [5.41, 5.74) is 0.556. The molecule has 110 valence electrons. The van der Waals surface area contributed by atoms with Gasteiger partial charge in [0.15, 0.2) is 5.78 Å². The summed E-state index contributed by atoms with van der Waals surface area (Å²) in [4.78, 5) is 16.1. The van der Waals surface area contributed by atoms with E-state index in [0.717, 1.165) is 12.2 Å². The number of hydrogen-bond acceptors (Lipinski definition) is 4. The molecule has 2 rings (SSSR count). The highest BCUT2D eigenvalue weighted by Gasteiger charge is 2.08. The number of para-hydroxylation sites is 1. The molecular formula is C17H19NO3. The second-order valence-electron chi connectivity index (χ2n) is 4.59. The number of benzene rings is 1. The lowest BCUT2D eigenvalue weighted by Gasteiger charge is -2.07. The first-order chi connectivity index (χ1) is 10.3. The molecule has 0 N–H and O–H groups in total. The van der Waals surface area contributed by atoms with Gasteiger partial charge in [-0.15, -0.1) is 0 Å². The van der Waals surface area contributed by atoms with E-state index < -0.39 is 0 Å². The third kappa shape index (κ3) is 4.91. The molecule has 21 heavy (non-hydrogen) atoms. The van der Waals surface area contributed by atoms with Crippen molar-refractivity contribution in [3.63, 3.8) is 0 Å². The highest BCUT2D eigenvalue weighted by atomic mass is 16.5. The molecule has 0 unspecified atom stereocenters. The second kappa shape index (κ2) is 8.04. The van der Waals surface area contributed by atoms with E-state index in [1.807, 2.05) is 37.3 Å². The lowest BCUT2D eigenvalue weighted by atomic mass is 10.1. The van der Waals surface area contributed by atoms with Crippen LogP contribution in [0.3, 0.4) is 0 Å². The summed E-state index contributed by atoms with van der Waals surface area (Å²) in [6.07, 6.45) is 4.41. The van der Waals surface area contributed by atoms with E-state index in [0.29, 0.717) is 30.9 Å². The van der Waals surface area contributed by atoms with Crippen molar-refractivity contribution in [3.8, 4) is 11.5 Å². The lowest BCUT2D eigenvalue weighted by molar-refractivity contribution is 0.0961. The van der Waals surface area contributed by atoms with Crippen LogP contribution in [0.4, 0.5) is 0 Å². The van der Waals surface area contributed by atoms with Gasteiger partial charge < -0.3 is 9.47 Å². The molecule has 0 aliphatic rings. The van der Waals surface area contributed by atoms with E-state index in [4.69, 9.17) is 9.47 Å². The maximum Gasteiger partial charge on any atom is 0.167 e. The molecule has 0 atom stereocenters. The van der Waals surface area contributed by atoms with Crippen molar-refractivity contribution >= 4 is 5.78 Å². The fourth-order valence-electron chi connectivity index (χ4n) is 1.79. The number of carbonyl (C=O) groups is 1. The van der Waals surface area contributed by atoms with Crippen molar-refractivity contribution < 1.29 is 14.3 Å². The fourth-order valence-corrected chi connectivity index (χ4v) is 1.79. The molecule has 0 aliphatic heterocycles. The first-order valence-corrected chi connectivity index (χ1v) is 7.08. The molecule has 4 heteroatoms. The van der Waals surface area contributed by atoms with Crippen LogP contribution in [0.5, 0.6) is 11.5 Å². The van der Waals surface area contributed by atoms with Gasteiger partial charge in [-0.05, 0) is 24.6 Å². The van der Waals surface area contributed by atoms with Crippen molar-refractivity contribution in [2.45, 2.75) is 19.8 Å². The molecule has 4 nitrogen and oxygen atoms in total. The number of pyridine rings is 1. The van der Waals surface area contributed by atoms with Gasteiger partial charge in [0.05, 0.1) is 19.4 Å². The van der Waals surface area contributed by atoms with Gasteiger partial charge in [0, 0.05) is 18.2 Å². The number of aromatic nitrogens is 1. The largest absolute Gasteiger partial charge is 0.493 e. The zero-order valence-electron chi connectivity index (χ0n) is 12.1. The standard InChI is InChI=1S/C17H19NO3/c1-2-9-20-16-11-14(12-18-13-16)17(19)8-10-21-15-6-4-3-5-7-15/h3-7,11-13H,2,8-10H2,1H3. The number of rotatable bonds is 8. The third-order valence-corrected chi connectivity index (χ3v) is 2.85. The number of nitrogens with zero attached hydrogens (tertiary/aromatic N) is 1. The van der Waals surface area contributed by atoms with E-state index in [9.17, 15) is 4.79 Å². The van der Waals surface area contributed by atoms with Gasteiger partial charge in [-0.3, -0.25) is 9.78 Å². The number of Topliss-reactive ketones (excluding diaryl/α,β-unsaturated/α-hetero) is 1. The van der Waals surface area contributed by atoms with E-state index in [2.05, 4.69) is 4.98 Å². The Balaban J connectivity index is 1.85. The number of ketones is 1. The van der Waals surface area contributed by atoms with Crippen LogP contribution in [0.1, 0.15) is 30.1 Å². The van der Waals surface area contributed by atoms with Crippen molar-refractivity contribution in [3.05, 3.63) is 54.4 Å². The van der Waals surface area contributed by atoms with E-state index in [-0.39, 0.29) is 5.78 Å². The predicted molar refractivity (Wildman–Crippen MR) is 80.9 cm³/mol. The normalized spacial score (nSPS) is 10.1. The molecular weight excluding hydrogens is 266 g/mol. The summed E-state index contributed by atoms with van der Waals surface area (Å²) < 4.78 is 11.0. The Hall–Kier alpha value is -2.36. The van der Waals surface area contributed by atoms with Gasteiger partial charge in [-0.2, -0.15) is 0 Å². The third-order valence-electron chi connectivity index (χ3n) is 2.85. The Morgan fingerprint density at radius 3 is 2.57 bits per heavy atom. The molecule has 0 saturated carbocycles. The van der Waals surface area contributed by atoms with Crippen LogP contribution < -0.4 is 9.47 Å². The molecule has 1 aromatic heterocycles. The maximum atomic E-state index is 12.1. The average Bonchev–Trinajstić information content (AvgIpc) is 2.54. The van der Waals surface area contributed by atoms with Gasteiger partial charge in [-0.1, -0.05) is 25.1 Å². The molecule has 1 heterocycles. The molecule has 2 aromatic rings. The first kappa shape index (κ1) is 15.0. The summed E-state index contributed by atoms with van der Waals surface area (Å²) in [7, 11) is 0. The van der Waals surface area contributed by atoms with Crippen molar-refractivity contribution in [1.29, 1.82) is 0 Å². The fraction of sp³-hybridized carbons (Fsp3) is 0.294. The molecule has 0 aliphatic carbocycles. The Kier molecular flexibility index (Phi) is 5.76. The van der Waals surface area contributed by atoms with Crippen LogP contribution in [0.25, 0.3) is 0 Å². The van der Waals surface area contributed by atoms with Crippen LogP contribution in [0.2, 0.25) is 0 Å². The SMILES string of the molecule is CCCOc1cncc(C(=O)CCOc2ccccc2)c1. The van der Waals surface area contributed by atoms with Crippen LogP contribution in [0.15, 0.2) is 48.8 Å². The van der Waals surface area contributed by atoms with Gasteiger partial charge in [-0.25, -0.2) is 0 Å². The molecule has 0 amide bonds. The molecule has 1 aromatic carbocycles. The maximum absolute atomic E-state index is 12.1. The smallest absolute Gasteiger partial charge is 0.167 e. The Bertz CT molecular complexity index is 569. The number of ether oxygens (including phenoxy) is 2.